The van der Waals surface area contributed by atoms with Crippen LogP contribution in [-0.4, -0.2) is 20.3 Å². The lowest BCUT2D eigenvalue weighted by Gasteiger charge is -2.01. The minimum atomic E-state index is -0.0868. The number of fused-ring (bicyclic) bond motifs is 1. The Bertz CT molecular complexity index is 1330. The largest absolute Gasteiger partial charge is 0.302 e. The molecule has 1 N–H and O–H groups in total. The number of thiazole rings is 2. The molecule has 5 nitrogen and oxygen atoms in total. The molecule has 0 radical (unpaired) electrons. The van der Waals surface area contributed by atoms with Crippen LogP contribution in [0.2, 0.25) is 0 Å². The monoisotopic (exact) mass is 444 g/mol. The van der Waals surface area contributed by atoms with Crippen molar-refractivity contribution in [1.29, 1.82) is 0 Å². The van der Waals surface area contributed by atoms with E-state index >= 15 is 0 Å². The number of anilines is 1. The van der Waals surface area contributed by atoms with Gasteiger partial charge in [0, 0.05) is 33.8 Å². The van der Waals surface area contributed by atoms with Gasteiger partial charge in [0.15, 0.2) is 10.1 Å². The van der Waals surface area contributed by atoms with Crippen LogP contribution in [0.1, 0.15) is 18.2 Å². The van der Waals surface area contributed by atoms with E-state index in [1.807, 2.05) is 51.7 Å². The van der Waals surface area contributed by atoms with Crippen LogP contribution in [0.15, 0.2) is 71.6 Å². The van der Waals surface area contributed by atoms with Gasteiger partial charge in [-0.1, -0.05) is 61.5 Å². The number of aromatic nitrogens is 3. The minimum Gasteiger partial charge on any atom is -0.302 e. The summed E-state index contributed by atoms with van der Waals surface area (Å²) in [6.07, 6.45) is 3.29. The smallest absolute Gasteiger partial charge is 0.232 e. The van der Waals surface area contributed by atoms with E-state index in [-0.39, 0.29) is 12.3 Å². The zero-order valence-corrected chi connectivity index (χ0v) is 18.5. The van der Waals surface area contributed by atoms with Gasteiger partial charge in [0.05, 0.1) is 17.8 Å². The van der Waals surface area contributed by atoms with E-state index in [1.165, 1.54) is 16.9 Å². The second-order valence-corrected chi connectivity index (χ2v) is 8.88. The molecule has 0 aliphatic rings. The Balaban J connectivity index is 1.30. The van der Waals surface area contributed by atoms with Crippen molar-refractivity contribution in [2.24, 2.45) is 0 Å². The topological polar surface area (TPSA) is 59.3 Å². The lowest BCUT2D eigenvalue weighted by molar-refractivity contribution is -0.115. The Morgan fingerprint density at radius 3 is 2.48 bits per heavy atom. The van der Waals surface area contributed by atoms with Crippen molar-refractivity contribution in [1.82, 2.24) is 14.4 Å². The Labute approximate surface area is 188 Å². The third kappa shape index (κ3) is 4.15. The number of rotatable bonds is 6. The second-order valence-electron chi connectivity index (χ2n) is 7.19. The van der Waals surface area contributed by atoms with Crippen molar-refractivity contribution < 1.29 is 4.79 Å². The first kappa shape index (κ1) is 19.7. The average molecular weight is 445 g/mol. The van der Waals surface area contributed by atoms with Crippen LogP contribution >= 0.6 is 22.7 Å². The highest BCUT2D eigenvalue weighted by molar-refractivity contribution is 7.15. The molecule has 0 spiro atoms. The van der Waals surface area contributed by atoms with Gasteiger partial charge >= 0.3 is 0 Å². The van der Waals surface area contributed by atoms with Crippen LogP contribution in [-0.2, 0) is 17.6 Å². The summed E-state index contributed by atoms with van der Waals surface area (Å²) in [4.78, 5) is 22.8. The standard InChI is InChI=1S/C24H20N4OS2/c1-2-16-8-10-18(11-9-16)20-13-28-19(14-31-24(28)26-20)12-22(29)27-23-25-21(15-30-23)17-6-4-3-5-7-17/h3-11,13-15H,2,12H2,1H3,(H,25,27,29). The number of carbonyl (C=O) groups is 1. The van der Waals surface area contributed by atoms with E-state index in [9.17, 15) is 4.79 Å². The number of amides is 1. The molecule has 2 aromatic carbocycles. The normalized spacial score (nSPS) is 11.1. The molecule has 5 rings (SSSR count). The molecule has 0 atom stereocenters. The number of hydrogen-bond acceptors (Lipinski definition) is 5. The predicted octanol–water partition coefficient (Wildman–Crippen LogP) is 5.93. The van der Waals surface area contributed by atoms with Gasteiger partial charge in [-0.3, -0.25) is 9.20 Å². The maximum absolute atomic E-state index is 12.6. The Morgan fingerprint density at radius 2 is 1.71 bits per heavy atom. The van der Waals surface area contributed by atoms with E-state index in [1.54, 1.807) is 11.3 Å². The third-order valence-electron chi connectivity index (χ3n) is 5.10. The maximum atomic E-state index is 12.6. The van der Waals surface area contributed by atoms with Crippen LogP contribution in [0.4, 0.5) is 5.13 Å². The van der Waals surface area contributed by atoms with Crippen molar-refractivity contribution in [2.75, 3.05) is 5.32 Å². The van der Waals surface area contributed by atoms with Crippen molar-refractivity contribution in [3.05, 3.63) is 82.8 Å². The molecule has 7 heteroatoms. The summed E-state index contributed by atoms with van der Waals surface area (Å²) in [7, 11) is 0. The van der Waals surface area contributed by atoms with Gasteiger partial charge in [0.25, 0.3) is 0 Å². The molecular formula is C24H20N4OS2. The molecule has 3 aromatic heterocycles. The third-order valence-corrected chi connectivity index (χ3v) is 6.75. The van der Waals surface area contributed by atoms with Gasteiger partial charge in [-0.15, -0.1) is 22.7 Å². The van der Waals surface area contributed by atoms with Gasteiger partial charge in [0.1, 0.15) is 0 Å². The lowest BCUT2D eigenvalue weighted by atomic mass is 10.1. The van der Waals surface area contributed by atoms with E-state index in [4.69, 9.17) is 4.98 Å². The fraction of sp³-hybridized carbons (Fsp3) is 0.125. The van der Waals surface area contributed by atoms with Crippen LogP contribution in [0, 0.1) is 0 Å². The van der Waals surface area contributed by atoms with Crippen molar-refractivity contribution >= 4 is 38.7 Å². The van der Waals surface area contributed by atoms with Gasteiger partial charge < -0.3 is 5.32 Å². The Hall–Kier alpha value is -3.29. The minimum absolute atomic E-state index is 0.0868. The van der Waals surface area contributed by atoms with E-state index < -0.39 is 0 Å². The highest BCUT2D eigenvalue weighted by atomic mass is 32.1. The molecule has 0 aliphatic carbocycles. The molecule has 0 bridgehead atoms. The van der Waals surface area contributed by atoms with Crippen LogP contribution in [0.25, 0.3) is 27.5 Å². The zero-order chi connectivity index (χ0) is 21.2. The number of nitrogens with zero attached hydrogens (tertiary/aromatic N) is 3. The first-order valence-corrected chi connectivity index (χ1v) is 11.8. The van der Waals surface area contributed by atoms with Crippen LogP contribution < -0.4 is 5.32 Å². The molecule has 1 amide bonds. The van der Waals surface area contributed by atoms with Gasteiger partial charge in [0.2, 0.25) is 5.91 Å². The molecule has 31 heavy (non-hydrogen) atoms. The second kappa shape index (κ2) is 8.45. The summed E-state index contributed by atoms with van der Waals surface area (Å²) in [5.74, 6) is -0.0868. The predicted molar refractivity (Wildman–Crippen MR) is 128 cm³/mol. The summed E-state index contributed by atoms with van der Waals surface area (Å²) in [5, 5.41) is 7.48. The van der Waals surface area contributed by atoms with Crippen LogP contribution in [0.3, 0.4) is 0 Å². The number of hydrogen-bond donors (Lipinski definition) is 1. The quantitative estimate of drug-likeness (QED) is 0.353. The molecule has 0 saturated carbocycles. The first-order valence-electron chi connectivity index (χ1n) is 10.0. The van der Waals surface area contributed by atoms with E-state index in [0.717, 1.165) is 39.6 Å². The first-order chi connectivity index (χ1) is 15.2. The number of carbonyl (C=O) groups excluding carboxylic acids is 1. The maximum Gasteiger partial charge on any atom is 0.232 e. The lowest BCUT2D eigenvalue weighted by Crippen LogP contribution is -2.15. The highest BCUT2D eigenvalue weighted by Crippen LogP contribution is 2.26. The van der Waals surface area contributed by atoms with Crippen molar-refractivity contribution in [3.63, 3.8) is 0 Å². The molecule has 154 valence electrons. The van der Waals surface area contributed by atoms with Gasteiger partial charge in [-0.05, 0) is 12.0 Å². The van der Waals surface area contributed by atoms with Crippen molar-refractivity contribution in [3.8, 4) is 22.5 Å². The molecule has 0 unspecified atom stereocenters. The summed E-state index contributed by atoms with van der Waals surface area (Å²) >= 11 is 2.98. The fourth-order valence-corrected chi connectivity index (χ4v) is 5.02. The zero-order valence-electron chi connectivity index (χ0n) is 16.9. The average Bonchev–Trinajstić information content (AvgIpc) is 3.52. The summed E-state index contributed by atoms with van der Waals surface area (Å²) in [6.45, 7) is 2.15. The van der Waals surface area contributed by atoms with Gasteiger partial charge in [-0.2, -0.15) is 0 Å². The van der Waals surface area contributed by atoms with Crippen LogP contribution in [0.5, 0.6) is 0 Å². The Kier molecular flexibility index (Phi) is 5.36. The molecule has 0 aliphatic heterocycles. The van der Waals surface area contributed by atoms with Crippen molar-refractivity contribution in [2.45, 2.75) is 19.8 Å². The molecule has 0 fully saturated rings. The molecule has 3 heterocycles. The number of imidazole rings is 1. The SMILES string of the molecule is CCc1ccc(-c2cn3c(CC(=O)Nc4nc(-c5ccccc5)cs4)csc3n2)cc1. The summed E-state index contributed by atoms with van der Waals surface area (Å²) in [6, 6.07) is 18.4. The number of aryl methyl sites for hydroxylation is 1. The Morgan fingerprint density at radius 1 is 0.935 bits per heavy atom. The summed E-state index contributed by atoms with van der Waals surface area (Å²) in [5.41, 5.74) is 6.13. The number of nitrogens with one attached hydrogen (secondary N) is 1. The summed E-state index contributed by atoms with van der Waals surface area (Å²) < 4.78 is 2.00. The fourth-order valence-electron chi connectivity index (χ4n) is 3.41. The highest BCUT2D eigenvalue weighted by Gasteiger charge is 2.14. The van der Waals surface area contributed by atoms with E-state index in [0.29, 0.717) is 5.13 Å². The molecule has 0 saturated heterocycles. The van der Waals surface area contributed by atoms with E-state index in [2.05, 4.69) is 41.5 Å². The molecule has 5 aromatic rings. The molecular weight excluding hydrogens is 424 g/mol. The van der Waals surface area contributed by atoms with Gasteiger partial charge in [-0.25, -0.2) is 9.97 Å². The number of benzene rings is 2.